The Labute approximate surface area is 131 Å². The molecule has 1 aromatic rings. The van der Waals surface area contributed by atoms with Crippen molar-refractivity contribution in [3.63, 3.8) is 0 Å². The number of benzene rings is 1. The first-order chi connectivity index (χ1) is 10.7. The third kappa shape index (κ3) is 4.52. The second-order valence-electron chi connectivity index (χ2n) is 6.07. The molecule has 0 bridgehead atoms. The van der Waals surface area contributed by atoms with E-state index in [4.69, 9.17) is 14.2 Å². The van der Waals surface area contributed by atoms with Crippen LogP contribution in [0.5, 0.6) is 11.5 Å². The molecule has 0 radical (unpaired) electrons. The molecular weight excluding hydrogens is 280 g/mol. The summed E-state index contributed by atoms with van der Waals surface area (Å²) < 4.78 is 16.3. The standard InChI is InChI=1S/C18H22O4/c1-20-16-8-6-13(10-17(16)21-11-14-2-3-14)7-9-18(19)22-12-15-4-5-15/h6-10,14-15H,2-5,11-12H2,1H3. The van der Waals surface area contributed by atoms with Crippen LogP contribution in [0, 0.1) is 11.8 Å². The topological polar surface area (TPSA) is 44.8 Å². The number of rotatable bonds is 8. The maximum atomic E-state index is 11.6. The summed E-state index contributed by atoms with van der Waals surface area (Å²) in [5.41, 5.74) is 0.898. The lowest BCUT2D eigenvalue weighted by Crippen LogP contribution is -2.03. The highest BCUT2D eigenvalue weighted by molar-refractivity contribution is 5.87. The van der Waals surface area contributed by atoms with E-state index >= 15 is 0 Å². The van der Waals surface area contributed by atoms with Gasteiger partial charge in [0.15, 0.2) is 11.5 Å². The molecular formula is C18H22O4. The zero-order chi connectivity index (χ0) is 15.4. The van der Waals surface area contributed by atoms with Crippen molar-refractivity contribution in [2.75, 3.05) is 20.3 Å². The number of methoxy groups -OCH3 is 1. The number of carbonyl (C=O) groups is 1. The van der Waals surface area contributed by atoms with Crippen molar-refractivity contribution < 1.29 is 19.0 Å². The Hall–Kier alpha value is -1.97. The Kier molecular flexibility index (Phi) is 4.66. The summed E-state index contributed by atoms with van der Waals surface area (Å²) in [7, 11) is 1.63. The molecule has 2 fully saturated rings. The van der Waals surface area contributed by atoms with Crippen molar-refractivity contribution in [1.82, 2.24) is 0 Å². The Balaban J connectivity index is 1.58. The van der Waals surface area contributed by atoms with E-state index in [0.29, 0.717) is 24.2 Å². The predicted molar refractivity (Wildman–Crippen MR) is 83.9 cm³/mol. The summed E-state index contributed by atoms with van der Waals surface area (Å²) in [6.07, 6.45) is 8.06. The molecule has 3 rings (SSSR count). The first-order valence-electron chi connectivity index (χ1n) is 7.90. The molecule has 2 aliphatic rings. The number of ether oxygens (including phenoxy) is 3. The van der Waals surface area contributed by atoms with E-state index in [1.165, 1.54) is 31.8 Å². The largest absolute Gasteiger partial charge is 0.493 e. The highest BCUT2D eigenvalue weighted by atomic mass is 16.5. The summed E-state index contributed by atoms with van der Waals surface area (Å²) in [5, 5.41) is 0. The van der Waals surface area contributed by atoms with Crippen molar-refractivity contribution in [1.29, 1.82) is 0 Å². The van der Waals surface area contributed by atoms with Crippen molar-refractivity contribution in [2.45, 2.75) is 25.7 Å². The molecule has 4 nitrogen and oxygen atoms in total. The van der Waals surface area contributed by atoms with Crippen LogP contribution in [0.2, 0.25) is 0 Å². The van der Waals surface area contributed by atoms with E-state index in [0.717, 1.165) is 17.9 Å². The molecule has 0 aromatic heterocycles. The first-order valence-corrected chi connectivity index (χ1v) is 7.90. The van der Waals surface area contributed by atoms with Crippen molar-refractivity contribution in [3.8, 4) is 11.5 Å². The second kappa shape index (κ2) is 6.86. The van der Waals surface area contributed by atoms with Gasteiger partial charge in [0.2, 0.25) is 0 Å². The van der Waals surface area contributed by atoms with E-state index in [2.05, 4.69) is 0 Å². The number of esters is 1. The van der Waals surface area contributed by atoms with Crippen LogP contribution in [0.3, 0.4) is 0 Å². The van der Waals surface area contributed by atoms with Gasteiger partial charge in [-0.25, -0.2) is 4.79 Å². The van der Waals surface area contributed by atoms with Crippen molar-refractivity contribution in [3.05, 3.63) is 29.8 Å². The third-order valence-corrected chi connectivity index (χ3v) is 3.93. The van der Waals surface area contributed by atoms with E-state index in [1.807, 2.05) is 18.2 Å². The van der Waals surface area contributed by atoms with Crippen LogP contribution in [0.1, 0.15) is 31.2 Å². The van der Waals surface area contributed by atoms with Gasteiger partial charge in [-0.05, 0) is 61.3 Å². The predicted octanol–water partition coefficient (Wildman–Crippen LogP) is 3.45. The fraction of sp³-hybridized carbons (Fsp3) is 0.500. The number of hydrogen-bond donors (Lipinski definition) is 0. The molecule has 2 aliphatic carbocycles. The van der Waals surface area contributed by atoms with E-state index in [9.17, 15) is 4.79 Å². The maximum absolute atomic E-state index is 11.6. The molecule has 0 amide bonds. The number of carbonyl (C=O) groups excluding carboxylic acids is 1. The quantitative estimate of drug-likeness (QED) is 0.545. The van der Waals surface area contributed by atoms with Gasteiger partial charge in [-0.15, -0.1) is 0 Å². The van der Waals surface area contributed by atoms with Gasteiger partial charge in [0.1, 0.15) is 0 Å². The monoisotopic (exact) mass is 302 g/mol. The van der Waals surface area contributed by atoms with Crippen LogP contribution < -0.4 is 9.47 Å². The third-order valence-electron chi connectivity index (χ3n) is 3.93. The van der Waals surface area contributed by atoms with E-state index in [1.54, 1.807) is 13.2 Å². The summed E-state index contributed by atoms with van der Waals surface area (Å²) in [4.78, 5) is 11.6. The molecule has 22 heavy (non-hydrogen) atoms. The fourth-order valence-corrected chi connectivity index (χ4v) is 2.10. The molecule has 2 saturated carbocycles. The molecule has 0 atom stereocenters. The Bertz CT molecular complexity index is 556. The summed E-state index contributed by atoms with van der Waals surface area (Å²) in [6.45, 7) is 1.27. The van der Waals surface area contributed by atoms with Crippen molar-refractivity contribution >= 4 is 12.0 Å². The van der Waals surface area contributed by atoms with Crippen molar-refractivity contribution in [2.24, 2.45) is 11.8 Å². The normalized spacial score (nSPS) is 17.5. The minimum absolute atomic E-state index is 0.289. The molecule has 0 N–H and O–H groups in total. The Morgan fingerprint density at radius 3 is 2.55 bits per heavy atom. The molecule has 118 valence electrons. The first kappa shape index (κ1) is 14.9. The average Bonchev–Trinajstić information content (AvgIpc) is 3.43. The lowest BCUT2D eigenvalue weighted by atomic mass is 10.2. The smallest absolute Gasteiger partial charge is 0.330 e. The van der Waals surface area contributed by atoms with Gasteiger partial charge < -0.3 is 14.2 Å². The highest BCUT2D eigenvalue weighted by Crippen LogP contribution is 2.33. The van der Waals surface area contributed by atoms with E-state index < -0.39 is 0 Å². The van der Waals surface area contributed by atoms with Gasteiger partial charge in [-0.3, -0.25) is 0 Å². The summed E-state index contributed by atoms with van der Waals surface area (Å²) >= 11 is 0. The molecule has 0 saturated heterocycles. The van der Waals surface area contributed by atoms with Gasteiger partial charge in [-0.2, -0.15) is 0 Å². The molecule has 0 spiro atoms. The van der Waals surface area contributed by atoms with Gasteiger partial charge in [0.05, 0.1) is 20.3 Å². The van der Waals surface area contributed by atoms with Gasteiger partial charge in [0.25, 0.3) is 0 Å². The summed E-state index contributed by atoms with van der Waals surface area (Å²) in [5.74, 6) is 2.42. The highest BCUT2D eigenvalue weighted by Gasteiger charge is 2.23. The van der Waals surface area contributed by atoms with Crippen LogP contribution in [-0.2, 0) is 9.53 Å². The zero-order valence-electron chi connectivity index (χ0n) is 12.9. The van der Waals surface area contributed by atoms with Crippen LogP contribution in [0.15, 0.2) is 24.3 Å². The van der Waals surface area contributed by atoms with Crippen LogP contribution in [0.25, 0.3) is 6.08 Å². The minimum atomic E-state index is -0.289. The molecule has 1 aromatic carbocycles. The van der Waals surface area contributed by atoms with Crippen LogP contribution in [-0.4, -0.2) is 26.3 Å². The van der Waals surface area contributed by atoms with Gasteiger partial charge in [-0.1, -0.05) is 6.07 Å². The van der Waals surface area contributed by atoms with Gasteiger partial charge in [0, 0.05) is 6.08 Å². The minimum Gasteiger partial charge on any atom is -0.493 e. The van der Waals surface area contributed by atoms with Crippen LogP contribution in [0.4, 0.5) is 0 Å². The Morgan fingerprint density at radius 2 is 1.86 bits per heavy atom. The van der Waals surface area contributed by atoms with Crippen LogP contribution >= 0.6 is 0 Å². The fourth-order valence-electron chi connectivity index (χ4n) is 2.10. The SMILES string of the molecule is COc1ccc(C=CC(=O)OCC2CC2)cc1OCC1CC1. The molecule has 0 heterocycles. The Morgan fingerprint density at radius 1 is 1.14 bits per heavy atom. The zero-order valence-corrected chi connectivity index (χ0v) is 12.9. The summed E-state index contributed by atoms with van der Waals surface area (Å²) in [6, 6.07) is 5.65. The molecule has 0 unspecified atom stereocenters. The molecule has 4 heteroatoms. The lowest BCUT2D eigenvalue weighted by Gasteiger charge is -2.11. The second-order valence-corrected chi connectivity index (χ2v) is 6.07. The van der Waals surface area contributed by atoms with Gasteiger partial charge >= 0.3 is 5.97 Å². The molecule has 0 aliphatic heterocycles. The van der Waals surface area contributed by atoms with E-state index in [-0.39, 0.29) is 5.97 Å². The lowest BCUT2D eigenvalue weighted by molar-refractivity contribution is -0.138. The maximum Gasteiger partial charge on any atom is 0.330 e. The number of hydrogen-bond acceptors (Lipinski definition) is 4. The average molecular weight is 302 g/mol.